The highest BCUT2D eigenvalue weighted by atomic mass is 16.5. The average molecular weight is 196 g/mol. The lowest BCUT2D eigenvalue weighted by Gasteiger charge is -2.32. The van der Waals surface area contributed by atoms with E-state index in [1.165, 1.54) is 0 Å². The number of morpholine rings is 1. The van der Waals surface area contributed by atoms with Crippen LogP contribution >= 0.6 is 0 Å². The van der Waals surface area contributed by atoms with Gasteiger partial charge in [-0.1, -0.05) is 0 Å². The molecule has 5 nitrogen and oxygen atoms in total. The molecule has 0 bridgehead atoms. The van der Waals surface area contributed by atoms with Crippen molar-refractivity contribution in [3.63, 3.8) is 0 Å². The number of rotatable bonds is 0. The van der Waals surface area contributed by atoms with Gasteiger partial charge >= 0.3 is 0 Å². The van der Waals surface area contributed by atoms with Crippen molar-refractivity contribution >= 4 is 11.8 Å². The molecule has 2 aliphatic rings. The number of hydrogen-bond donors (Lipinski definition) is 1. The van der Waals surface area contributed by atoms with Gasteiger partial charge in [-0.2, -0.15) is 0 Å². The van der Waals surface area contributed by atoms with E-state index in [2.05, 4.69) is 20.2 Å². The molecule has 1 unspecified atom stereocenters. The van der Waals surface area contributed by atoms with Gasteiger partial charge in [0.1, 0.15) is 12.0 Å². The van der Waals surface area contributed by atoms with Crippen molar-refractivity contribution in [2.45, 2.75) is 20.0 Å². The molecule has 78 valence electrons. The van der Waals surface area contributed by atoms with Gasteiger partial charge in [0.25, 0.3) is 0 Å². The largest absolute Gasteiger partial charge is 0.378 e. The second-order valence-corrected chi connectivity index (χ2v) is 3.52. The van der Waals surface area contributed by atoms with Crippen LogP contribution in [-0.4, -0.2) is 49.2 Å². The van der Waals surface area contributed by atoms with E-state index < -0.39 is 0 Å². The van der Waals surface area contributed by atoms with Gasteiger partial charge in [-0.25, -0.2) is 9.98 Å². The van der Waals surface area contributed by atoms with Crippen LogP contribution in [0.2, 0.25) is 0 Å². The van der Waals surface area contributed by atoms with E-state index >= 15 is 0 Å². The molecular formula is C9H16N4O. The molecule has 0 aromatic carbocycles. The highest BCUT2D eigenvalue weighted by Crippen LogP contribution is 2.04. The molecule has 2 aliphatic heterocycles. The second-order valence-electron chi connectivity index (χ2n) is 3.52. The molecule has 1 N–H and O–H groups in total. The molecule has 14 heavy (non-hydrogen) atoms. The number of guanidine groups is 1. The van der Waals surface area contributed by atoms with Gasteiger partial charge in [0.2, 0.25) is 5.96 Å². The first-order chi connectivity index (χ1) is 6.75. The van der Waals surface area contributed by atoms with Crippen LogP contribution in [0.25, 0.3) is 0 Å². The summed E-state index contributed by atoms with van der Waals surface area (Å²) in [5.74, 6) is 1.88. The van der Waals surface area contributed by atoms with E-state index in [1.807, 2.05) is 13.8 Å². The maximum Gasteiger partial charge on any atom is 0.201 e. The van der Waals surface area contributed by atoms with Crippen LogP contribution in [0.4, 0.5) is 0 Å². The Balaban J connectivity index is 2.03. The van der Waals surface area contributed by atoms with E-state index in [0.29, 0.717) is 0 Å². The first-order valence-electron chi connectivity index (χ1n) is 4.97. The molecule has 0 radical (unpaired) electrons. The van der Waals surface area contributed by atoms with Crippen LogP contribution in [0.3, 0.4) is 0 Å². The molecule has 0 saturated carbocycles. The van der Waals surface area contributed by atoms with Crippen molar-refractivity contribution in [1.29, 1.82) is 0 Å². The maximum atomic E-state index is 5.29. The number of amidine groups is 1. The fourth-order valence-corrected chi connectivity index (χ4v) is 1.65. The first-order valence-corrected chi connectivity index (χ1v) is 4.97. The Bertz CT molecular complexity index is 268. The van der Waals surface area contributed by atoms with E-state index in [9.17, 15) is 0 Å². The lowest BCUT2D eigenvalue weighted by Crippen LogP contribution is -2.50. The highest BCUT2D eigenvalue weighted by molar-refractivity contribution is 6.00. The monoisotopic (exact) mass is 196 g/mol. The fourth-order valence-electron chi connectivity index (χ4n) is 1.65. The first kappa shape index (κ1) is 9.45. The third kappa shape index (κ3) is 2.04. The molecule has 2 heterocycles. The van der Waals surface area contributed by atoms with Crippen LogP contribution in [0.1, 0.15) is 13.8 Å². The number of nitrogens with zero attached hydrogens (tertiary/aromatic N) is 3. The zero-order chi connectivity index (χ0) is 9.97. The summed E-state index contributed by atoms with van der Waals surface area (Å²) in [7, 11) is 0. The summed E-state index contributed by atoms with van der Waals surface area (Å²) >= 11 is 0. The van der Waals surface area contributed by atoms with Crippen LogP contribution in [0, 0.1) is 0 Å². The minimum atomic E-state index is 0.0362. The minimum absolute atomic E-state index is 0.0362. The topological polar surface area (TPSA) is 49.2 Å². The normalized spacial score (nSPS) is 27.9. The third-order valence-corrected chi connectivity index (χ3v) is 2.29. The smallest absolute Gasteiger partial charge is 0.201 e. The molecule has 0 aromatic rings. The summed E-state index contributed by atoms with van der Waals surface area (Å²) < 4.78 is 5.29. The molecule has 1 atom stereocenters. The molecule has 0 amide bonds. The molecule has 0 aliphatic carbocycles. The van der Waals surface area contributed by atoms with Crippen molar-refractivity contribution in [3.05, 3.63) is 0 Å². The summed E-state index contributed by atoms with van der Waals surface area (Å²) in [6.07, 6.45) is 0.0362. The molecule has 2 rings (SSSR count). The number of hydrogen-bond acceptors (Lipinski definition) is 5. The Hall–Kier alpha value is -1.10. The van der Waals surface area contributed by atoms with Gasteiger partial charge in [0.05, 0.1) is 13.2 Å². The number of aliphatic imine (C=N–C) groups is 2. The number of nitrogens with one attached hydrogen (secondary N) is 1. The Morgan fingerprint density at radius 1 is 1.36 bits per heavy atom. The fraction of sp³-hybridized carbons (Fsp3) is 0.778. The van der Waals surface area contributed by atoms with E-state index in [-0.39, 0.29) is 6.17 Å². The quantitative estimate of drug-likeness (QED) is 0.595. The van der Waals surface area contributed by atoms with Crippen molar-refractivity contribution in [2.24, 2.45) is 9.98 Å². The van der Waals surface area contributed by atoms with Crippen molar-refractivity contribution in [1.82, 2.24) is 10.2 Å². The number of ether oxygens (including phenoxy) is 1. The van der Waals surface area contributed by atoms with Crippen LogP contribution in [0.5, 0.6) is 0 Å². The Morgan fingerprint density at radius 2 is 2.07 bits per heavy atom. The highest BCUT2D eigenvalue weighted by Gasteiger charge is 2.18. The van der Waals surface area contributed by atoms with Gasteiger partial charge in [0.15, 0.2) is 0 Å². The summed E-state index contributed by atoms with van der Waals surface area (Å²) in [5, 5.41) is 3.19. The standard InChI is InChI=1S/C9H16N4O/c1-7-10-8(2)12-9(11-7)13-3-5-14-6-4-13/h7H,3-6H2,1-2H3,(H,10,11,12). The van der Waals surface area contributed by atoms with E-state index in [4.69, 9.17) is 4.74 Å². The van der Waals surface area contributed by atoms with E-state index in [0.717, 1.165) is 38.1 Å². The van der Waals surface area contributed by atoms with Gasteiger partial charge in [-0.05, 0) is 13.8 Å². The lowest BCUT2D eigenvalue weighted by atomic mass is 10.4. The predicted molar refractivity (Wildman–Crippen MR) is 55.5 cm³/mol. The van der Waals surface area contributed by atoms with Crippen LogP contribution in [0.15, 0.2) is 9.98 Å². The van der Waals surface area contributed by atoms with Gasteiger partial charge in [-0.3, -0.25) is 0 Å². The van der Waals surface area contributed by atoms with Crippen molar-refractivity contribution < 1.29 is 4.74 Å². The third-order valence-electron chi connectivity index (χ3n) is 2.29. The molecule has 1 fully saturated rings. The molecule has 0 aromatic heterocycles. The van der Waals surface area contributed by atoms with Crippen molar-refractivity contribution in [2.75, 3.05) is 26.3 Å². The average Bonchev–Trinajstić information content (AvgIpc) is 2.18. The molecule has 1 saturated heterocycles. The summed E-state index contributed by atoms with van der Waals surface area (Å²) in [5.41, 5.74) is 0. The Labute approximate surface area is 83.9 Å². The van der Waals surface area contributed by atoms with Crippen molar-refractivity contribution in [3.8, 4) is 0 Å². The summed E-state index contributed by atoms with van der Waals surface area (Å²) in [4.78, 5) is 10.9. The summed E-state index contributed by atoms with van der Waals surface area (Å²) in [6, 6.07) is 0. The van der Waals surface area contributed by atoms with E-state index in [1.54, 1.807) is 0 Å². The lowest BCUT2D eigenvalue weighted by molar-refractivity contribution is 0.0667. The molecule has 0 spiro atoms. The zero-order valence-corrected chi connectivity index (χ0v) is 8.66. The maximum absolute atomic E-state index is 5.29. The van der Waals surface area contributed by atoms with Gasteiger partial charge in [-0.15, -0.1) is 0 Å². The second kappa shape index (κ2) is 3.96. The minimum Gasteiger partial charge on any atom is -0.378 e. The Morgan fingerprint density at radius 3 is 2.71 bits per heavy atom. The van der Waals surface area contributed by atoms with Crippen LogP contribution in [-0.2, 0) is 4.74 Å². The molecule has 5 heteroatoms. The summed E-state index contributed by atoms with van der Waals surface area (Å²) in [6.45, 7) is 7.34. The predicted octanol–water partition coefficient (Wildman–Crippen LogP) is 0.0422. The zero-order valence-electron chi connectivity index (χ0n) is 8.66. The molecular weight excluding hydrogens is 180 g/mol. The van der Waals surface area contributed by atoms with Crippen LogP contribution < -0.4 is 5.32 Å². The SMILES string of the molecule is CC1=NC(C)N=C(N2CCOCC2)N1. The Kier molecular flexibility index (Phi) is 2.67. The van der Waals surface area contributed by atoms with Gasteiger partial charge < -0.3 is 15.0 Å². The van der Waals surface area contributed by atoms with Gasteiger partial charge in [0, 0.05) is 13.1 Å².